The van der Waals surface area contributed by atoms with Crippen molar-refractivity contribution in [3.05, 3.63) is 89.9 Å². The molecule has 0 spiro atoms. The van der Waals surface area contributed by atoms with Gasteiger partial charge in [-0.25, -0.2) is 4.68 Å². The summed E-state index contributed by atoms with van der Waals surface area (Å²) in [5.74, 6) is 0.0831. The molecule has 0 aliphatic carbocycles. The number of para-hydroxylation sites is 1. The molecule has 0 unspecified atom stereocenters. The van der Waals surface area contributed by atoms with E-state index >= 15 is 0 Å². The molecule has 5 heteroatoms. The van der Waals surface area contributed by atoms with E-state index in [9.17, 15) is 4.79 Å². The van der Waals surface area contributed by atoms with Crippen molar-refractivity contribution in [2.45, 2.75) is 13.0 Å². The molecule has 0 saturated carbocycles. The summed E-state index contributed by atoms with van der Waals surface area (Å²) in [7, 11) is 0. The van der Waals surface area contributed by atoms with Crippen LogP contribution in [0.5, 0.6) is 0 Å². The Hall–Kier alpha value is -3.47. The fourth-order valence-electron chi connectivity index (χ4n) is 3.68. The number of amides is 1. The van der Waals surface area contributed by atoms with Crippen molar-refractivity contribution in [1.82, 2.24) is 19.7 Å². The molecule has 3 heterocycles. The molecule has 2 aromatic heterocycles. The number of carbonyl (C=O) groups excluding carboxylic acids is 1. The molecule has 0 radical (unpaired) electrons. The van der Waals surface area contributed by atoms with Gasteiger partial charge in [0.05, 0.1) is 11.2 Å². The lowest BCUT2D eigenvalue weighted by molar-refractivity contribution is 0.0780. The Bertz CT molecular complexity index is 1130. The predicted molar refractivity (Wildman–Crippen MR) is 104 cm³/mol. The Morgan fingerprint density at radius 1 is 0.963 bits per heavy atom. The van der Waals surface area contributed by atoms with E-state index < -0.39 is 0 Å². The summed E-state index contributed by atoms with van der Waals surface area (Å²) in [5.41, 5.74) is 4.78. The fourth-order valence-corrected chi connectivity index (χ4v) is 3.68. The van der Waals surface area contributed by atoms with Gasteiger partial charge in [0.15, 0.2) is 0 Å². The molecule has 1 aliphatic rings. The topological polar surface area (TPSA) is 51.0 Å². The fraction of sp³-hybridized carbons (Fsp3) is 0.136. The van der Waals surface area contributed by atoms with E-state index in [1.54, 1.807) is 6.20 Å². The average molecular weight is 354 g/mol. The van der Waals surface area contributed by atoms with Crippen molar-refractivity contribution in [2.75, 3.05) is 6.54 Å². The van der Waals surface area contributed by atoms with Crippen LogP contribution in [0.4, 0.5) is 0 Å². The molecule has 132 valence electrons. The molecule has 2 aromatic carbocycles. The normalized spacial score (nSPS) is 13.3. The molecule has 0 fully saturated rings. The molecule has 5 nitrogen and oxygen atoms in total. The van der Waals surface area contributed by atoms with E-state index in [4.69, 9.17) is 4.98 Å². The molecule has 1 aliphatic heterocycles. The quantitative estimate of drug-likeness (QED) is 0.562. The minimum Gasteiger partial charge on any atom is -0.334 e. The van der Waals surface area contributed by atoms with Gasteiger partial charge in [0.2, 0.25) is 0 Å². The molecule has 0 atom stereocenters. The van der Waals surface area contributed by atoms with Crippen LogP contribution in [-0.2, 0) is 13.0 Å². The second-order valence-corrected chi connectivity index (χ2v) is 6.73. The predicted octanol–water partition coefficient (Wildman–Crippen LogP) is 3.62. The van der Waals surface area contributed by atoms with Gasteiger partial charge in [-0.3, -0.25) is 9.78 Å². The molecular weight excluding hydrogens is 336 g/mol. The van der Waals surface area contributed by atoms with E-state index in [-0.39, 0.29) is 5.91 Å². The highest BCUT2D eigenvalue weighted by atomic mass is 16.2. The highest BCUT2D eigenvalue weighted by Crippen LogP contribution is 2.28. The third-order valence-electron chi connectivity index (χ3n) is 5.06. The van der Waals surface area contributed by atoms with Gasteiger partial charge in [-0.05, 0) is 30.3 Å². The molecule has 4 aromatic rings. The molecule has 0 N–H and O–H groups in total. The van der Waals surface area contributed by atoms with Crippen LogP contribution in [0.25, 0.3) is 16.6 Å². The van der Waals surface area contributed by atoms with Gasteiger partial charge in [-0.2, -0.15) is 5.10 Å². The van der Waals surface area contributed by atoms with E-state index in [1.165, 1.54) is 0 Å². The summed E-state index contributed by atoms with van der Waals surface area (Å²) in [6.07, 6.45) is 4.39. The second kappa shape index (κ2) is 6.36. The summed E-state index contributed by atoms with van der Waals surface area (Å²) in [4.78, 5) is 19.4. The average Bonchev–Trinajstić information content (AvgIpc) is 3.35. The SMILES string of the molecule is O=C1c2cccc(-n3cccn3)c2CN1CCc1ccc2ccccc2n1. The number of pyridine rings is 1. The monoisotopic (exact) mass is 354 g/mol. The van der Waals surface area contributed by atoms with E-state index in [0.717, 1.165) is 39.8 Å². The van der Waals surface area contributed by atoms with E-state index in [2.05, 4.69) is 17.2 Å². The Morgan fingerprint density at radius 3 is 2.78 bits per heavy atom. The molecule has 5 rings (SSSR count). The highest BCUT2D eigenvalue weighted by Gasteiger charge is 2.29. The highest BCUT2D eigenvalue weighted by molar-refractivity contribution is 5.99. The first-order valence-corrected chi connectivity index (χ1v) is 9.05. The Kier molecular flexibility index (Phi) is 3.71. The first kappa shape index (κ1) is 15.8. The van der Waals surface area contributed by atoms with Crippen LogP contribution >= 0.6 is 0 Å². The number of nitrogens with zero attached hydrogens (tertiary/aromatic N) is 4. The lowest BCUT2D eigenvalue weighted by atomic mass is 10.1. The van der Waals surface area contributed by atoms with Gasteiger partial charge < -0.3 is 4.90 Å². The van der Waals surface area contributed by atoms with Crippen LogP contribution in [0.2, 0.25) is 0 Å². The lowest BCUT2D eigenvalue weighted by Crippen LogP contribution is -2.26. The Balaban J connectivity index is 1.37. The molecule has 0 saturated heterocycles. The summed E-state index contributed by atoms with van der Waals surface area (Å²) < 4.78 is 1.82. The minimum atomic E-state index is 0.0831. The Morgan fingerprint density at radius 2 is 1.89 bits per heavy atom. The van der Waals surface area contributed by atoms with Crippen molar-refractivity contribution >= 4 is 16.8 Å². The van der Waals surface area contributed by atoms with E-state index in [0.29, 0.717) is 13.1 Å². The van der Waals surface area contributed by atoms with Crippen molar-refractivity contribution in [3.63, 3.8) is 0 Å². The zero-order valence-corrected chi connectivity index (χ0v) is 14.7. The maximum Gasteiger partial charge on any atom is 0.254 e. The van der Waals surface area contributed by atoms with Gasteiger partial charge >= 0.3 is 0 Å². The standard InChI is InChI=1S/C22H18N4O/c27-22-18-6-3-8-21(26-13-4-12-23-26)19(18)15-25(22)14-11-17-10-9-16-5-1-2-7-20(16)24-17/h1-10,12-13H,11,14-15H2. The molecule has 27 heavy (non-hydrogen) atoms. The van der Waals surface area contributed by atoms with Crippen LogP contribution in [-0.4, -0.2) is 32.1 Å². The molecule has 1 amide bonds. The summed E-state index contributed by atoms with van der Waals surface area (Å²) in [5, 5.41) is 5.45. The van der Waals surface area contributed by atoms with E-state index in [1.807, 2.05) is 64.3 Å². The number of carbonyl (C=O) groups is 1. The number of hydrogen-bond donors (Lipinski definition) is 0. The first-order chi connectivity index (χ1) is 13.3. The number of rotatable bonds is 4. The zero-order valence-electron chi connectivity index (χ0n) is 14.7. The third kappa shape index (κ3) is 2.77. The van der Waals surface area contributed by atoms with Gasteiger partial charge in [0.1, 0.15) is 0 Å². The van der Waals surface area contributed by atoms with Gasteiger partial charge in [0.25, 0.3) is 5.91 Å². The van der Waals surface area contributed by atoms with Crippen LogP contribution in [0.1, 0.15) is 21.6 Å². The number of hydrogen-bond acceptors (Lipinski definition) is 3. The lowest BCUT2D eigenvalue weighted by Gasteiger charge is -2.15. The smallest absolute Gasteiger partial charge is 0.254 e. The van der Waals surface area contributed by atoms with Gasteiger partial charge in [-0.15, -0.1) is 0 Å². The first-order valence-electron chi connectivity index (χ1n) is 9.05. The molecule has 0 bridgehead atoms. The van der Waals surface area contributed by atoms with Crippen molar-refractivity contribution in [3.8, 4) is 5.69 Å². The van der Waals surface area contributed by atoms with Crippen LogP contribution in [0, 0.1) is 0 Å². The number of fused-ring (bicyclic) bond motifs is 2. The summed E-state index contributed by atoms with van der Waals surface area (Å²) in [6, 6.07) is 19.9. The van der Waals surface area contributed by atoms with Crippen molar-refractivity contribution < 1.29 is 4.79 Å². The van der Waals surface area contributed by atoms with Crippen LogP contribution in [0.3, 0.4) is 0 Å². The maximum absolute atomic E-state index is 12.8. The summed E-state index contributed by atoms with van der Waals surface area (Å²) in [6.45, 7) is 1.26. The maximum atomic E-state index is 12.8. The van der Waals surface area contributed by atoms with Crippen LogP contribution in [0.15, 0.2) is 73.1 Å². The van der Waals surface area contributed by atoms with Gasteiger partial charge in [0, 0.05) is 54.1 Å². The number of benzene rings is 2. The molecular formula is C22H18N4O. The van der Waals surface area contributed by atoms with Crippen LogP contribution < -0.4 is 0 Å². The van der Waals surface area contributed by atoms with Crippen molar-refractivity contribution in [1.29, 1.82) is 0 Å². The number of aromatic nitrogens is 3. The van der Waals surface area contributed by atoms with Gasteiger partial charge in [-0.1, -0.05) is 30.3 Å². The third-order valence-corrected chi connectivity index (χ3v) is 5.06. The van der Waals surface area contributed by atoms with Crippen molar-refractivity contribution in [2.24, 2.45) is 0 Å². The zero-order chi connectivity index (χ0) is 18.2. The Labute approximate surface area is 156 Å². The largest absolute Gasteiger partial charge is 0.334 e. The summed E-state index contributed by atoms with van der Waals surface area (Å²) >= 11 is 0. The second-order valence-electron chi connectivity index (χ2n) is 6.73. The minimum absolute atomic E-state index is 0.0831.